The summed E-state index contributed by atoms with van der Waals surface area (Å²) in [5.41, 5.74) is 1.60. The monoisotopic (exact) mass is 370 g/mol. The maximum Gasteiger partial charge on any atom is 0.153 e. The molecule has 112 valence electrons. The number of hydrogen-bond donors (Lipinski definition) is 1. The molecule has 0 saturated carbocycles. The van der Waals surface area contributed by atoms with Crippen LogP contribution in [0.15, 0.2) is 41.0 Å². The molecule has 0 unspecified atom stereocenters. The summed E-state index contributed by atoms with van der Waals surface area (Å²) in [6, 6.07) is 9.23. The number of aldehydes is 1. The highest BCUT2D eigenvalue weighted by atomic mass is 79.9. The Kier molecular flexibility index (Phi) is 7.97. The molecule has 1 aromatic carbocycles. The van der Waals surface area contributed by atoms with Crippen molar-refractivity contribution in [3.8, 4) is 0 Å². The molecule has 0 spiro atoms. The van der Waals surface area contributed by atoms with Crippen LogP contribution in [0.5, 0.6) is 0 Å². The van der Waals surface area contributed by atoms with Gasteiger partial charge in [-0.2, -0.15) is 0 Å². The molecule has 0 aliphatic rings. The largest absolute Gasteiger partial charge is 0.388 e. The third-order valence-electron chi connectivity index (χ3n) is 2.38. The number of carbonyl (C=O) groups is 1. The summed E-state index contributed by atoms with van der Waals surface area (Å²) in [6.07, 6.45) is 2.43. The Balaban J connectivity index is 0.000000677. The van der Waals surface area contributed by atoms with Crippen LogP contribution in [-0.2, 0) is 11.3 Å². The molecule has 2 aromatic rings. The lowest BCUT2D eigenvalue weighted by atomic mass is 10.2. The molecule has 1 heterocycles. The number of methoxy groups -OCH3 is 1. The number of hydrogen-bond acceptors (Lipinski definition) is 4. The number of anilines is 1. The summed E-state index contributed by atoms with van der Waals surface area (Å²) >= 11 is 9.09. The Bertz CT molecular complexity index is 576. The lowest BCUT2D eigenvalue weighted by molar-refractivity contribution is 0.112. The van der Waals surface area contributed by atoms with Gasteiger partial charge in [-0.1, -0.05) is 23.7 Å². The Morgan fingerprint density at radius 1 is 1.33 bits per heavy atom. The normalized spacial score (nSPS) is 9.52. The number of aromatic nitrogens is 1. The first-order valence-electron chi connectivity index (χ1n) is 6.10. The maximum absolute atomic E-state index is 10.9. The van der Waals surface area contributed by atoms with Gasteiger partial charge in [0.25, 0.3) is 0 Å². The van der Waals surface area contributed by atoms with Crippen molar-refractivity contribution in [3.05, 3.63) is 57.2 Å². The molecule has 2 rings (SSSR count). The van der Waals surface area contributed by atoms with Crippen LogP contribution in [0.4, 0.5) is 5.82 Å². The van der Waals surface area contributed by atoms with Crippen LogP contribution in [0.2, 0.25) is 5.02 Å². The van der Waals surface area contributed by atoms with E-state index in [9.17, 15) is 4.79 Å². The summed E-state index contributed by atoms with van der Waals surface area (Å²) < 4.78 is 5.03. The van der Waals surface area contributed by atoms with Crippen LogP contribution in [-0.4, -0.2) is 25.5 Å². The molecule has 0 aliphatic carbocycles. The van der Waals surface area contributed by atoms with Gasteiger partial charge in [-0.15, -0.1) is 0 Å². The fourth-order valence-corrected chi connectivity index (χ4v) is 1.96. The van der Waals surface area contributed by atoms with Gasteiger partial charge >= 0.3 is 0 Å². The van der Waals surface area contributed by atoms with Crippen molar-refractivity contribution < 1.29 is 9.53 Å². The van der Waals surface area contributed by atoms with E-state index in [0.29, 0.717) is 22.9 Å². The summed E-state index contributed by atoms with van der Waals surface area (Å²) in [6.45, 7) is 0.590. The van der Waals surface area contributed by atoms with Crippen molar-refractivity contribution in [1.82, 2.24) is 4.98 Å². The maximum atomic E-state index is 10.9. The van der Waals surface area contributed by atoms with Crippen molar-refractivity contribution in [2.24, 2.45) is 0 Å². The number of pyridine rings is 1. The Morgan fingerprint density at radius 2 is 1.95 bits per heavy atom. The molecule has 0 saturated heterocycles. The van der Waals surface area contributed by atoms with E-state index < -0.39 is 0 Å². The van der Waals surface area contributed by atoms with E-state index in [0.717, 1.165) is 16.3 Å². The second kappa shape index (κ2) is 9.50. The molecule has 4 nitrogen and oxygen atoms in total. The van der Waals surface area contributed by atoms with E-state index >= 15 is 0 Å². The highest BCUT2D eigenvalue weighted by Crippen LogP contribution is 2.17. The number of benzene rings is 1. The molecule has 0 bridgehead atoms. The van der Waals surface area contributed by atoms with E-state index in [2.05, 4.69) is 31.0 Å². The topological polar surface area (TPSA) is 51.2 Å². The zero-order chi connectivity index (χ0) is 15.7. The number of rotatable bonds is 4. The molecule has 1 aromatic heterocycles. The second-order valence-electron chi connectivity index (χ2n) is 4.10. The van der Waals surface area contributed by atoms with E-state index in [-0.39, 0.29) is 0 Å². The number of carbonyl (C=O) groups excluding carboxylic acids is 1. The van der Waals surface area contributed by atoms with Crippen LogP contribution in [0.3, 0.4) is 0 Å². The van der Waals surface area contributed by atoms with E-state index in [1.807, 2.05) is 24.3 Å². The Morgan fingerprint density at radius 3 is 2.52 bits per heavy atom. The van der Waals surface area contributed by atoms with E-state index in [1.54, 1.807) is 26.5 Å². The first-order chi connectivity index (χ1) is 10.1. The molecule has 0 amide bonds. The van der Waals surface area contributed by atoms with Crippen molar-refractivity contribution >= 4 is 39.6 Å². The smallest absolute Gasteiger partial charge is 0.153 e. The Labute approximate surface area is 137 Å². The van der Waals surface area contributed by atoms with Gasteiger partial charge in [0, 0.05) is 36.5 Å². The fraction of sp³-hybridized carbons (Fsp3) is 0.200. The molecular weight excluding hydrogens is 356 g/mol. The minimum Gasteiger partial charge on any atom is -0.388 e. The lowest BCUT2D eigenvalue weighted by Gasteiger charge is -2.08. The molecule has 0 atom stereocenters. The Hall–Kier alpha value is -1.43. The molecule has 1 N–H and O–H groups in total. The molecule has 0 radical (unpaired) electrons. The molecule has 6 heteroatoms. The van der Waals surface area contributed by atoms with Gasteiger partial charge in [0.05, 0.1) is 5.56 Å². The van der Waals surface area contributed by atoms with Gasteiger partial charge in [0.1, 0.15) is 5.82 Å². The van der Waals surface area contributed by atoms with Crippen LogP contribution in [0.25, 0.3) is 0 Å². The minimum absolute atomic E-state index is 0.526. The SMILES string of the molecule is COC.O=Cc1cc(Br)cnc1NCc1ccc(Cl)cc1. The van der Waals surface area contributed by atoms with Crippen molar-refractivity contribution in [3.63, 3.8) is 0 Å². The average molecular weight is 372 g/mol. The summed E-state index contributed by atoms with van der Waals surface area (Å²) in [5, 5.41) is 3.82. The third-order valence-corrected chi connectivity index (χ3v) is 3.07. The third kappa shape index (κ3) is 6.25. The van der Waals surface area contributed by atoms with Crippen LogP contribution in [0.1, 0.15) is 15.9 Å². The molecule has 0 aliphatic heterocycles. The lowest BCUT2D eigenvalue weighted by Crippen LogP contribution is -2.04. The van der Waals surface area contributed by atoms with E-state index in [4.69, 9.17) is 11.6 Å². The minimum atomic E-state index is 0.526. The van der Waals surface area contributed by atoms with Crippen molar-refractivity contribution in [2.75, 3.05) is 19.5 Å². The van der Waals surface area contributed by atoms with Crippen LogP contribution < -0.4 is 5.32 Å². The van der Waals surface area contributed by atoms with Gasteiger partial charge in [-0.3, -0.25) is 4.79 Å². The zero-order valence-corrected chi connectivity index (χ0v) is 14.1. The van der Waals surface area contributed by atoms with Gasteiger partial charge < -0.3 is 10.1 Å². The molecular formula is C15H16BrClN2O2. The van der Waals surface area contributed by atoms with Gasteiger partial charge in [-0.05, 0) is 39.7 Å². The molecule has 0 fully saturated rings. The zero-order valence-electron chi connectivity index (χ0n) is 11.8. The highest BCUT2D eigenvalue weighted by molar-refractivity contribution is 9.10. The standard InChI is InChI=1S/C13H10BrClN2O.C2H6O/c14-11-5-10(8-18)13(17-7-11)16-6-9-1-3-12(15)4-2-9;1-3-2/h1-5,7-8H,6H2,(H,16,17);1-2H3. The molecule has 21 heavy (non-hydrogen) atoms. The summed E-state index contributed by atoms with van der Waals surface area (Å²) in [5.74, 6) is 0.572. The van der Waals surface area contributed by atoms with Crippen molar-refractivity contribution in [2.45, 2.75) is 6.54 Å². The van der Waals surface area contributed by atoms with Gasteiger partial charge in [0.15, 0.2) is 6.29 Å². The van der Waals surface area contributed by atoms with Crippen molar-refractivity contribution in [1.29, 1.82) is 0 Å². The highest BCUT2D eigenvalue weighted by Gasteiger charge is 2.03. The fourth-order valence-electron chi connectivity index (χ4n) is 1.48. The number of halogens is 2. The summed E-state index contributed by atoms with van der Waals surface area (Å²) in [7, 11) is 3.25. The second-order valence-corrected chi connectivity index (χ2v) is 5.45. The van der Waals surface area contributed by atoms with Gasteiger partial charge in [0.2, 0.25) is 0 Å². The quantitative estimate of drug-likeness (QED) is 0.819. The predicted molar refractivity (Wildman–Crippen MR) is 89.0 cm³/mol. The number of nitrogens with zero attached hydrogens (tertiary/aromatic N) is 1. The average Bonchev–Trinajstić information content (AvgIpc) is 2.48. The predicted octanol–water partition coefficient (Wildman–Crippen LogP) is 4.18. The van der Waals surface area contributed by atoms with E-state index in [1.165, 1.54) is 0 Å². The first kappa shape index (κ1) is 17.6. The van der Waals surface area contributed by atoms with Crippen LogP contribution in [0, 0.1) is 0 Å². The number of ether oxygens (including phenoxy) is 1. The first-order valence-corrected chi connectivity index (χ1v) is 7.27. The van der Waals surface area contributed by atoms with Crippen LogP contribution >= 0.6 is 27.5 Å². The number of nitrogens with one attached hydrogen (secondary N) is 1. The van der Waals surface area contributed by atoms with Gasteiger partial charge in [-0.25, -0.2) is 4.98 Å². The summed E-state index contributed by atoms with van der Waals surface area (Å²) in [4.78, 5) is 15.1.